The Bertz CT molecular complexity index is 177. The summed E-state index contributed by atoms with van der Waals surface area (Å²) in [6.45, 7) is 7.18. The van der Waals surface area contributed by atoms with Crippen molar-refractivity contribution < 1.29 is 14.6 Å². The van der Waals surface area contributed by atoms with Gasteiger partial charge >= 0.3 is 0 Å². The number of carbonyl (C=O) groups excluding carboxylic acids is 1. The van der Waals surface area contributed by atoms with Crippen LogP contribution in [0.25, 0.3) is 0 Å². The van der Waals surface area contributed by atoms with Crippen LogP contribution >= 0.6 is 0 Å². The first kappa shape index (κ1) is 13.4. The van der Waals surface area contributed by atoms with Crippen LogP contribution in [0.3, 0.4) is 0 Å². The molecule has 14 heavy (non-hydrogen) atoms. The molecule has 0 aromatic rings. The summed E-state index contributed by atoms with van der Waals surface area (Å²) < 4.78 is 5.41. The maximum absolute atomic E-state index is 10.4. The van der Waals surface area contributed by atoms with Crippen molar-refractivity contribution in [1.82, 2.24) is 5.32 Å². The Hall–Kier alpha value is -0.650. The van der Waals surface area contributed by atoms with E-state index in [4.69, 9.17) is 15.6 Å². The molecule has 84 valence electrons. The van der Waals surface area contributed by atoms with Gasteiger partial charge in [0.1, 0.15) is 6.10 Å². The van der Waals surface area contributed by atoms with Crippen LogP contribution in [0.4, 0.5) is 0 Å². The van der Waals surface area contributed by atoms with E-state index in [1.54, 1.807) is 0 Å². The third-order valence-electron chi connectivity index (χ3n) is 1.48. The molecule has 1 atom stereocenters. The van der Waals surface area contributed by atoms with Crippen LogP contribution in [0.2, 0.25) is 0 Å². The second kappa shape index (κ2) is 5.95. The Morgan fingerprint density at radius 3 is 2.57 bits per heavy atom. The molecular weight excluding hydrogens is 184 g/mol. The second-order valence-corrected chi connectivity index (χ2v) is 4.08. The summed E-state index contributed by atoms with van der Waals surface area (Å²) in [6, 6.07) is 0. The van der Waals surface area contributed by atoms with E-state index in [0.29, 0.717) is 13.2 Å². The average molecular weight is 204 g/mol. The van der Waals surface area contributed by atoms with Crippen LogP contribution in [0.5, 0.6) is 0 Å². The van der Waals surface area contributed by atoms with Gasteiger partial charge in [-0.3, -0.25) is 4.79 Å². The lowest BCUT2D eigenvalue weighted by molar-refractivity contribution is -0.125. The monoisotopic (exact) mass is 204 g/mol. The zero-order valence-electron chi connectivity index (χ0n) is 9.04. The summed E-state index contributed by atoms with van der Waals surface area (Å²) in [7, 11) is 0. The van der Waals surface area contributed by atoms with Gasteiger partial charge in [-0.25, -0.2) is 0 Å². The molecule has 1 unspecified atom stereocenters. The van der Waals surface area contributed by atoms with Crippen molar-refractivity contribution >= 4 is 5.91 Å². The first-order valence-electron chi connectivity index (χ1n) is 4.65. The maximum Gasteiger partial charge on any atom is 0.247 e. The quantitative estimate of drug-likeness (QED) is 0.496. The summed E-state index contributed by atoms with van der Waals surface area (Å²) in [5, 5.41) is 11.9. The minimum absolute atomic E-state index is 0.163. The summed E-state index contributed by atoms with van der Waals surface area (Å²) in [5.74, 6) is -0.714. The largest absolute Gasteiger partial charge is 0.382 e. The van der Waals surface area contributed by atoms with E-state index in [9.17, 15) is 4.79 Å². The van der Waals surface area contributed by atoms with Crippen molar-refractivity contribution in [2.75, 3.05) is 19.7 Å². The number of amides is 1. The highest BCUT2D eigenvalue weighted by molar-refractivity contribution is 5.78. The van der Waals surface area contributed by atoms with Gasteiger partial charge in [-0.2, -0.15) is 0 Å². The number of rotatable bonds is 6. The fraction of sp³-hybridized carbons (Fsp3) is 0.889. The lowest BCUT2D eigenvalue weighted by atomic mass is 10.2. The van der Waals surface area contributed by atoms with Crippen molar-refractivity contribution in [3.8, 4) is 0 Å². The molecule has 0 heterocycles. The third-order valence-corrected chi connectivity index (χ3v) is 1.48. The number of hydrogen-bond donors (Lipinski definition) is 3. The van der Waals surface area contributed by atoms with Crippen LogP contribution in [-0.2, 0) is 9.53 Å². The summed E-state index contributed by atoms with van der Waals surface area (Å²) in [6.07, 6.45) is -1.12. The van der Waals surface area contributed by atoms with Gasteiger partial charge in [-0.05, 0) is 20.8 Å². The highest BCUT2D eigenvalue weighted by Crippen LogP contribution is 2.04. The summed E-state index contributed by atoms with van der Waals surface area (Å²) >= 11 is 0. The standard InChI is InChI=1S/C9H20N2O3/c1-9(2,3)14-5-4-11-6-7(12)8(10)13/h7,11-12H,4-6H2,1-3H3,(H2,10,13). The van der Waals surface area contributed by atoms with Crippen LogP contribution in [-0.4, -0.2) is 42.4 Å². The smallest absolute Gasteiger partial charge is 0.247 e. The first-order valence-corrected chi connectivity index (χ1v) is 4.65. The lowest BCUT2D eigenvalue weighted by Crippen LogP contribution is -2.39. The van der Waals surface area contributed by atoms with Gasteiger partial charge in [0.15, 0.2) is 0 Å². The highest BCUT2D eigenvalue weighted by Gasteiger charge is 2.11. The van der Waals surface area contributed by atoms with Gasteiger partial charge in [0, 0.05) is 13.1 Å². The SMILES string of the molecule is CC(C)(C)OCCNCC(O)C(N)=O. The van der Waals surface area contributed by atoms with Gasteiger partial charge in [-0.1, -0.05) is 0 Å². The molecule has 0 radical (unpaired) electrons. The van der Waals surface area contributed by atoms with E-state index in [1.807, 2.05) is 20.8 Å². The van der Waals surface area contributed by atoms with Gasteiger partial charge < -0.3 is 20.9 Å². The molecule has 0 spiro atoms. The number of nitrogens with two attached hydrogens (primary N) is 1. The second-order valence-electron chi connectivity index (χ2n) is 4.08. The van der Waals surface area contributed by atoms with E-state index < -0.39 is 12.0 Å². The average Bonchev–Trinajstić information content (AvgIpc) is 2.01. The number of hydrogen-bond acceptors (Lipinski definition) is 4. The lowest BCUT2D eigenvalue weighted by Gasteiger charge is -2.19. The first-order chi connectivity index (χ1) is 6.33. The zero-order valence-corrected chi connectivity index (χ0v) is 9.04. The third kappa shape index (κ3) is 7.97. The van der Waals surface area contributed by atoms with Gasteiger partial charge in [0.05, 0.1) is 12.2 Å². The number of aliphatic hydroxyl groups is 1. The van der Waals surface area contributed by atoms with Gasteiger partial charge in [-0.15, -0.1) is 0 Å². The summed E-state index contributed by atoms with van der Waals surface area (Å²) in [5.41, 5.74) is 4.70. The Morgan fingerprint density at radius 2 is 2.14 bits per heavy atom. The molecule has 0 saturated carbocycles. The molecule has 0 aliphatic rings. The van der Waals surface area contributed by atoms with Crippen molar-refractivity contribution in [3.63, 3.8) is 0 Å². The predicted molar refractivity (Wildman–Crippen MR) is 53.8 cm³/mol. The van der Waals surface area contributed by atoms with Crippen molar-refractivity contribution in [1.29, 1.82) is 0 Å². The van der Waals surface area contributed by atoms with Crippen molar-refractivity contribution in [2.45, 2.75) is 32.5 Å². The van der Waals surface area contributed by atoms with E-state index in [-0.39, 0.29) is 12.1 Å². The molecule has 4 N–H and O–H groups in total. The number of nitrogens with one attached hydrogen (secondary N) is 1. The minimum Gasteiger partial charge on any atom is -0.382 e. The van der Waals surface area contributed by atoms with Crippen LogP contribution < -0.4 is 11.1 Å². The van der Waals surface area contributed by atoms with E-state index in [2.05, 4.69) is 5.32 Å². The van der Waals surface area contributed by atoms with Crippen molar-refractivity contribution in [2.24, 2.45) is 5.73 Å². The Kier molecular flexibility index (Phi) is 5.68. The normalized spacial score (nSPS) is 14.0. The zero-order chi connectivity index (χ0) is 11.2. The maximum atomic E-state index is 10.4. The van der Waals surface area contributed by atoms with Crippen LogP contribution in [0.15, 0.2) is 0 Å². The fourth-order valence-corrected chi connectivity index (χ4v) is 0.769. The molecule has 0 bridgehead atoms. The molecular formula is C9H20N2O3. The summed E-state index contributed by atoms with van der Waals surface area (Å²) in [4.78, 5) is 10.4. The van der Waals surface area contributed by atoms with E-state index in [1.165, 1.54) is 0 Å². The Balaban J connectivity index is 3.35. The van der Waals surface area contributed by atoms with E-state index in [0.717, 1.165) is 0 Å². The van der Waals surface area contributed by atoms with Crippen LogP contribution in [0.1, 0.15) is 20.8 Å². The molecule has 1 amide bonds. The van der Waals surface area contributed by atoms with Gasteiger partial charge in [0.25, 0.3) is 0 Å². The Labute approximate surface area is 84.6 Å². The minimum atomic E-state index is -1.12. The molecule has 0 aliphatic carbocycles. The molecule has 0 saturated heterocycles. The van der Waals surface area contributed by atoms with Crippen LogP contribution in [0, 0.1) is 0 Å². The predicted octanol–water partition coefficient (Wildman–Crippen LogP) is -0.763. The topological polar surface area (TPSA) is 84.6 Å². The molecule has 0 aromatic heterocycles. The molecule has 0 aliphatic heterocycles. The molecule has 5 nitrogen and oxygen atoms in total. The number of aliphatic hydroxyl groups excluding tert-OH is 1. The number of carbonyl (C=O) groups is 1. The Morgan fingerprint density at radius 1 is 1.57 bits per heavy atom. The number of ether oxygens (including phenoxy) is 1. The van der Waals surface area contributed by atoms with Gasteiger partial charge in [0.2, 0.25) is 5.91 Å². The van der Waals surface area contributed by atoms with Crippen molar-refractivity contribution in [3.05, 3.63) is 0 Å². The molecule has 0 fully saturated rings. The fourth-order valence-electron chi connectivity index (χ4n) is 0.769. The number of primary amides is 1. The van der Waals surface area contributed by atoms with E-state index >= 15 is 0 Å². The molecule has 5 heteroatoms. The highest BCUT2D eigenvalue weighted by atomic mass is 16.5. The molecule has 0 aromatic carbocycles. The molecule has 0 rings (SSSR count).